The Labute approximate surface area is 85.9 Å². The highest BCUT2D eigenvalue weighted by atomic mass is 32.2. The summed E-state index contributed by atoms with van der Waals surface area (Å²) in [5, 5.41) is 3.41. The topological polar surface area (TPSA) is 58.1 Å². The molecule has 74 valence electrons. The molecule has 5 nitrogen and oxygen atoms in total. The van der Waals surface area contributed by atoms with Gasteiger partial charge in [-0.15, -0.1) is 0 Å². The number of carbonyl (C=O) groups excluding carboxylic acids is 1. The van der Waals surface area contributed by atoms with Gasteiger partial charge in [0.15, 0.2) is 5.16 Å². The van der Waals surface area contributed by atoms with Crippen LogP contribution in [-0.2, 0) is 6.54 Å². The smallest absolute Gasteiger partial charge is 0.323 e. The third-order valence-corrected chi connectivity index (χ3v) is 2.62. The fraction of sp³-hybridized carbons (Fsp3) is 0.375. The largest absolute Gasteiger partial charge is 0.333 e. The number of fused-ring (bicyclic) bond motifs is 1. The molecule has 0 saturated carbocycles. The lowest BCUT2D eigenvalue weighted by Gasteiger charge is -2.24. The van der Waals surface area contributed by atoms with E-state index in [1.165, 1.54) is 16.7 Å². The standard InChI is InChI=1S/C8H10N4OS/c1-12-6-5(4-10-8(12)13)3-9-7(11-6)14-2/h3H,4H2,1-2H3,(H,10,13). The maximum absolute atomic E-state index is 11.3. The van der Waals surface area contributed by atoms with Gasteiger partial charge in [-0.3, -0.25) is 4.90 Å². The highest BCUT2D eigenvalue weighted by Gasteiger charge is 2.22. The van der Waals surface area contributed by atoms with E-state index >= 15 is 0 Å². The summed E-state index contributed by atoms with van der Waals surface area (Å²) >= 11 is 1.46. The predicted molar refractivity (Wildman–Crippen MR) is 54.5 cm³/mol. The summed E-state index contributed by atoms with van der Waals surface area (Å²) < 4.78 is 0. The van der Waals surface area contributed by atoms with Crippen molar-refractivity contribution in [3.63, 3.8) is 0 Å². The molecule has 0 radical (unpaired) electrons. The van der Waals surface area contributed by atoms with Gasteiger partial charge in [-0.1, -0.05) is 11.8 Å². The highest BCUT2D eigenvalue weighted by molar-refractivity contribution is 7.98. The maximum Gasteiger partial charge on any atom is 0.323 e. The maximum atomic E-state index is 11.3. The van der Waals surface area contributed by atoms with Crippen LogP contribution in [0.4, 0.5) is 10.6 Å². The molecule has 0 fully saturated rings. The van der Waals surface area contributed by atoms with Crippen LogP contribution in [0.15, 0.2) is 11.4 Å². The molecule has 2 heterocycles. The van der Waals surface area contributed by atoms with Crippen molar-refractivity contribution in [3.8, 4) is 0 Å². The lowest BCUT2D eigenvalue weighted by molar-refractivity contribution is 0.245. The summed E-state index contributed by atoms with van der Waals surface area (Å²) in [6.45, 7) is 0.507. The van der Waals surface area contributed by atoms with Crippen LogP contribution >= 0.6 is 11.8 Å². The summed E-state index contributed by atoms with van der Waals surface area (Å²) in [5.41, 5.74) is 0.949. The van der Waals surface area contributed by atoms with E-state index in [1.54, 1.807) is 13.2 Å². The molecule has 0 unspecified atom stereocenters. The quantitative estimate of drug-likeness (QED) is 0.551. The van der Waals surface area contributed by atoms with E-state index in [9.17, 15) is 4.79 Å². The van der Waals surface area contributed by atoms with Gasteiger partial charge >= 0.3 is 6.03 Å². The molecule has 14 heavy (non-hydrogen) atoms. The number of aromatic nitrogens is 2. The number of nitrogens with zero attached hydrogens (tertiary/aromatic N) is 3. The normalized spacial score (nSPS) is 15.0. The number of anilines is 1. The van der Waals surface area contributed by atoms with E-state index in [1.807, 2.05) is 6.26 Å². The zero-order chi connectivity index (χ0) is 10.1. The van der Waals surface area contributed by atoms with Gasteiger partial charge in [0, 0.05) is 25.4 Å². The van der Waals surface area contributed by atoms with E-state index in [2.05, 4.69) is 15.3 Å². The van der Waals surface area contributed by atoms with Crippen molar-refractivity contribution in [1.29, 1.82) is 0 Å². The predicted octanol–water partition coefficient (Wildman–Crippen LogP) is 0.858. The molecule has 0 bridgehead atoms. The molecule has 6 heteroatoms. The van der Waals surface area contributed by atoms with Gasteiger partial charge in [0.1, 0.15) is 5.82 Å². The lowest BCUT2D eigenvalue weighted by Crippen LogP contribution is -2.42. The fourth-order valence-electron chi connectivity index (χ4n) is 1.28. The van der Waals surface area contributed by atoms with Crippen LogP contribution in [0.2, 0.25) is 0 Å². The monoisotopic (exact) mass is 210 g/mol. The zero-order valence-corrected chi connectivity index (χ0v) is 8.76. The molecule has 2 rings (SSSR count). The first-order valence-electron chi connectivity index (χ1n) is 4.14. The van der Waals surface area contributed by atoms with Gasteiger partial charge in [-0.05, 0) is 6.26 Å². The Morgan fingerprint density at radius 1 is 1.64 bits per heavy atom. The van der Waals surface area contributed by atoms with Crippen LogP contribution in [0.1, 0.15) is 5.56 Å². The molecule has 0 atom stereocenters. The fourth-order valence-corrected chi connectivity index (χ4v) is 1.62. The molecule has 0 aromatic carbocycles. The van der Waals surface area contributed by atoms with Crippen LogP contribution in [0.25, 0.3) is 0 Å². The molecule has 1 aliphatic heterocycles. The Kier molecular flexibility index (Phi) is 2.28. The zero-order valence-electron chi connectivity index (χ0n) is 7.94. The SMILES string of the molecule is CSc1ncc2c(n1)N(C)C(=O)NC2. The molecular weight excluding hydrogens is 200 g/mol. The summed E-state index contributed by atoms with van der Waals surface area (Å²) in [6.07, 6.45) is 3.66. The van der Waals surface area contributed by atoms with E-state index < -0.39 is 0 Å². The molecule has 2 amide bonds. The first kappa shape index (κ1) is 9.26. The van der Waals surface area contributed by atoms with Crippen molar-refractivity contribution < 1.29 is 4.79 Å². The molecule has 1 N–H and O–H groups in total. The second-order valence-electron chi connectivity index (χ2n) is 2.92. The van der Waals surface area contributed by atoms with Gasteiger partial charge < -0.3 is 5.32 Å². The summed E-state index contributed by atoms with van der Waals surface area (Å²) in [6, 6.07) is -0.122. The number of thioether (sulfide) groups is 1. The van der Waals surface area contributed by atoms with E-state index in [0.717, 1.165) is 5.56 Å². The molecule has 1 aromatic rings. The van der Waals surface area contributed by atoms with E-state index in [4.69, 9.17) is 0 Å². The Hall–Kier alpha value is -1.30. The van der Waals surface area contributed by atoms with Crippen molar-refractivity contribution in [1.82, 2.24) is 15.3 Å². The number of carbonyl (C=O) groups is 1. The van der Waals surface area contributed by atoms with Gasteiger partial charge in [0.2, 0.25) is 0 Å². The number of amides is 2. The minimum absolute atomic E-state index is 0.122. The highest BCUT2D eigenvalue weighted by Crippen LogP contribution is 2.22. The molecule has 0 spiro atoms. The van der Waals surface area contributed by atoms with Gasteiger partial charge in [-0.2, -0.15) is 0 Å². The average molecular weight is 210 g/mol. The van der Waals surface area contributed by atoms with Crippen LogP contribution in [0.5, 0.6) is 0 Å². The Bertz CT molecular complexity index is 382. The lowest BCUT2D eigenvalue weighted by atomic mass is 10.2. The first-order chi connectivity index (χ1) is 6.72. The number of rotatable bonds is 1. The second kappa shape index (κ2) is 3.45. The summed E-state index contributed by atoms with van der Waals surface area (Å²) in [5.74, 6) is 0.702. The van der Waals surface area contributed by atoms with Gasteiger partial charge in [0.05, 0.1) is 0 Å². The first-order valence-corrected chi connectivity index (χ1v) is 5.36. The van der Waals surface area contributed by atoms with Crippen LogP contribution in [-0.4, -0.2) is 29.3 Å². The van der Waals surface area contributed by atoms with Crippen molar-refractivity contribution in [2.24, 2.45) is 0 Å². The number of urea groups is 1. The van der Waals surface area contributed by atoms with Gasteiger partial charge in [0.25, 0.3) is 0 Å². The Morgan fingerprint density at radius 3 is 3.14 bits per heavy atom. The van der Waals surface area contributed by atoms with Crippen molar-refractivity contribution >= 4 is 23.6 Å². The molecular formula is C8H10N4OS. The number of hydrogen-bond acceptors (Lipinski definition) is 4. The third-order valence-electron chi connectivity index (χ3n) is 2.05. The molecule has 0 aliphatic carbocycles. The van der Waals surface area contributed by atoms with Crippen LogP contribution in [0.3, 0.4) is 0 Å². The number of hydrogen-bond donors (Lipinski definition) is 1. The van der Waals surface area contributed by atoms with Crippen molar-refractivity contribution in [2.75, 3.05) is 18.2 Å². The van der Waals surface area contributed by atoms with Crippen LogP contribution in [0, 0.1) is 0 Å². The van der Waals surface area contributed by atoms with Crippen LogP contribution < -0.4 is 10.2 Å². The van der Waals surface area contributed by atoms with Crippen molar-refractivity contribution in [2.45, 2.75) is 11.7 Å². The third kappa shape index (κ3) is 1.41. The van der Waals surface area contributed by atoms with E-state index in [0.29, 0.717) is 17.5 Å². The van der Waals surface area contributed by atoms with Crippen molar-refractivity contribution in [3.05, 3.63) is 11.8 Å². The summed E-state index contributed by atoms with van der Waals surface area (Å²) in [7, 11) is 1.70. The minimum atomic E-state index is -0.122. The summed E-state index contributed by atoms with van der Waals surface area (Å²) in [4.78, 5) is 21.2. The molecule has 0 saturated heterocycles. The molecule has 1 aromatic heterocycles. The number of nitrogens with one attached hydrogen (secondary N) is 1. The Balaban J connectivity index is 2.46. The second-order valence-corrected chi connectivity index (χ2v) is 3.70. The van der Waals surface area contributed by atoms with E-state index in [-0.39, 0.29) is 6.03 Å². The average Bonchev–Trinajstić information content (AvgIpc) is 2.23. The van der Waals surface area contributed by atoms with Gasteiger partial charge in [-0.25, -0.2) is 14.8 Å². The minimum Gasteiger partial charge on any atom is -0.333 e. The Morgan fingerprint density at radius 2 is 2.43 bits per heavy atom. The molecule has 1 aliphatic rings.